The highest BCUT2D eigenvalue weighted by Gasteiger charge is 2.06. The van der Waals surface area contributed by atoms with Crippen LogP contribution in [-0.4, -0.2) is 43.1 Å². The van der Waals surface area contributed by atoms with Gasteiger partial charge in [-0.3, -0.25) is 4.79 Å². The summed E-state index contributed by atoms with van der Waals surface area (Å²) in [6.07, 6.45) is 0.283. The molecular weight excluding hydrogens is 194 g/mol. The number of rotatable bonds is 5. The van der Waals surface area contributed by atoms with Gasteiger partial charge >= 0.3 is 0 Å². The fourth-order valence-electron chi connectivity index (χ4n) is 1.15. The van der Waals surface area contributed by atoms with E-state index in [0.29, 0.717) is 12.2 Å². The van der Waals surface area contributed by atoms with Crippen LogP contribution in [0.3, 0.4) is 0 Å². The number of hydrogen-bond acceptors (Lipinski definition) is 4. The molecule has 84 valence electrons. The molecule has 0 fully saturated rings. The molecule has 0 unspecified atom stereocenters. The van der Waals surface area contributed by atoms with Gasteiger partial charge in [0.1, 0.15) is 5.76 Å². The Morgan fingerprint density at radius 3 is 2.87 bits per heavy atom. The molecule has 0 radical (unpaired) electrons. The topological polar surface area (TPSA) is 58.4 Å². The maximum atomic E-state index is 11.4. The molecule has 1 N–H and O–H groups in total. The highest BCUT2D eigenvalue weighted by Crippen LogP contribution is 2.01. The van der Waals surface area contributed by atoms with Crippen LogP contribution in [0.5, 0.6) is 0 Å². The van der Waals surface area contributed by atoms with Crippen LogP contribution in [-0.2, 0) is 11.2 Å². The van der Waals surface area contributed by atoms with E-state index in [1.165, 1.54) is 0 Å². The van der Waals surface area contributed by atoms with Crippen LogP contribution in [0.15, 0.2) is 10.6 Å². The summed E-state index contributed by atoms with van der Waals surface area (Å²) in [6, 6.07) is 1.77. The zero-order valence-electron chi connectivity index (χ0n) is 9.41. The molecule has 0 spiro atoms. The van der Waals surface area contributed by atoms with Crippen molar-refractivity contribution in [2.45, 2.75) is 13.3 Å². The Morgan fingerprint density at radius 2 is 2.33 bits per heavy atom. The number of aromatic nitrogens is 1. The Morgan fingerprint density at radius 1 is 1.60 bits per heavy atom. The molecule has 15 heavy (non-hydrogen) atoms. The van der Waals surface area contributed by atoms with Crippen molar-refractivity contribution >= 4 is 5.91 Å². The first-order valence-corrected chi connectivity index (χ1v) is 4.91. The highest BCUT2D eigenvalue weighted by molar-refractivity contribution is 5.78. The molecule has 1 heterocycles. The molecule has 1 aromatic rings. The summed E-state index contributed by atoms with van der Waals surface area (Å²) in [7, 11) is 3.93. The van der Waals surface area contributed by atoms with Gasteiger partial charge in [-0.15, -0.1) is 0 Å². The van der Waals surface area contributed by atoms with Crippen molar-refractivity contribution in [3.8, 4) is 0 Å². The van der Waals surface area contributed by atoms with Gasteiger partial charge in [0.15, 0.2) is 0 Å². The van der Waals surface area contributed by atoms with Crippen molar-refractivity contribution in [1.29, 1.82) is 0 Å². The first-order chi connectivity index (χ1) is 7.08. The van der Waals surface area contributed by atoms with Crippen LogP contribution in [0.4, 0.5) is 0 Å². The standard InChI is InChI=1S/C10H17N3O2/c1-8-6-9(12-15-8)7-10(14)11-4-5-13(2)3/h6H,4-5,7H2,1-3H3,(H,11,14). The highest BCUT2D eigenvalue weighted by atomic mass is 16.5. The van der Waals surface area contributed by atoms with Crippen molar-refractivity contribution in [3.05, 3.63) is 17.5 Å². The van der Waals surface area contributed by atoms with Gasteiger partial charge in [-0.05, 0) is 21.0 Å². The van der Waals surface area contributed by atoms with Gasteiger partial charge in [-0.25, -0.2) is 0 Å². The molecule has 1 amide bonds. The predicted molar refractivity (Wildman–Crippen MR) is 56.5 cm³/mol. The SMILES string of the molecule is Cc1cc(CC(=O)NCCN(C)C)no1. The molecule has 0 saturated carbocycles. The van der Waals surface area contributed by atoms with Crippen molar-refractivity contribution in [3.63, 3.8) is 0 Å². The minimum atomic E-state index is -0.0230. The molecule has 1 aromatic heterocycles. The fraction of sp³-hybridized carbons (Fsp3) is 0.600. The fourth-order valence-corrected chi connectivity index (χ4v) is 1.15. The molecule has 1 rings (SSSR count). The maximum Gasteiger partial charge on any atom is 0.226 e. The van der Waals surface area contributed by atoms with Crippen molar-refractivity contribution in [1.82, 2.24) is 15.4 Å². The van der Waals surface area contributed by atoms with Gasteiger partial charge < -0.3 is 14.7 Å². The Balaban J connectivity index is 2.24. The van der Waals surface area contributed by atoms with E-state index in [1.807, 2.05) is 19.0 Å². The van der Waals surface area contributed by atoms with Gasteiger partial charge in [-0.1, -0.05) is 5.16 Å². The van der Waals surface area contributed by atoms with Crippen LogP contribution in [0, 0.1) is 6.92 Å². The molecular formula is C10H17N3O2. The molecule has 0 bridgehead atoms. The number of carbonyl (C=O) groups is 1. The van der Waals surface area contributed by atoms with Crippen molar-refractivity contribution in [2.75, 3.05) is 27.2 Å². The summed E-state index contributed by atoms with van der Waals surface area (Å²) < 4.78 is 4.87. The smallest absolute Gasteiger partial charge is 0.226 e. The first kappa shape index (κ1) is 11.7. The van der Waals surface area contributed by atoms with Crippen LogP contribution in [0.25, 0.3) is 0 Å². The quantitative estimate of drug-likeness (QED) is 0.756. The number of carbonyl (C=O) groups excluding carboxylic acids is 1. The van der Waals surface area contributed by atoms with E-state index in [-0.39, 0.29) is 12.3 Å². The average Bonchev–Trinajstić information content (AvgIpc) is 2.50. The zero-order chi connectivity index (χ0) is 11.3. The van der Waals surface area contributed by atoms with E-state index in [4.69, 9.17) is 4.52 Å². The van der Waals surface area contributed by atoms with Crippen LogP contribution >= 0.6 is 0 Å². The number of aryl methyl sites for hydroxylation is 1. The number of likely N-dealkylation sites (N-methyl/N-ethyl adjacent to an activating group) is 1. The number of amides is 1. The maximum absolute atomic E-state index is 11.4. The van der Waals surface area contributed by atoms with Crippen LogP contribution < -0.4 is 5.32 Å². The Hall–Kier alpha value is -1.36. The molecule has 0 aliphatic carbocycles. The van der Waals surface area contributed by atoms with E-state index in [0.717, 1.165) is 12.3 Å². The second kappa shape index (κ2) is 5.50. The molecule has 0 saturated heterocycles. The van der Waals surface area contributed by atoms with E-state index < -0.39 is 0 Å². The lowest BCUT2D eigenvalue weighted by molar-refractivity contribution is -0.120. The van der Waals surface area contributed by atoms with Gasteiger partial charge in [-0.2, -0.15) is 0 Å². The van der Waals surface area contributed by atoms with Crippen molar-refractivity contribution in [2.24, 2.45) is 0 Å². The number of nitrogens with zero attached hydrogens (tertiary/aromatic N) is 2. The lowest BCUT2D eigenvalue weighted by atomic mass is 10.3. The zero-order valence-corrected chi connectivity index (χ0v) is 9.41. The normalized spacial score (nSPS) is 10.7. The van der Waals surface area contributed by atoms with Crippen LogP contribution in [0.2, 0.25) is 0 Å². The van der Waals surface area contributed by atoms with E-state index in [2.05, 4.69) is 10.5 Å². The van der Waals surface area contributed by atoms with E-state index in [9.17, 15) is 4.79 Å². The number of nitrogens with one attached hydrogen (secondary N) is 1. The molecule has 5 nitrogen and oxygen atoms in total. The molecule has 0 aliphatic rings. The summed E-state index contributed by atoms with van der Waals surface area (Å²) in [4.78, 5) is 13.4. The summed E-state index contributed by atoms with van der Waals surface area (Å²) in [5.41, 5.74) is 0.676. The summed E-state index contributed by atoms with van der Waals surface area (Å²) in [5.74, 6) is 0.705. The molecule has 0 atom stereocenters. The second-order valence-electron chi connectivity index (χ2n) is 3.76. The number of hydrogen-bond donors (Lipinski definition) is 1. The van der Waals surface area contributed by atoms with Gasteiger partial charge in [0, 0.05) is 19.2 Å². The summed E-state index contributed by atoms with van der Waals surface area (Å²) in [6.45, 7) is 3.30. The van der Waals surface area contributed by atoms with Gasteiger partial charge in [0.2, 0.25) is 5.91 Å². The Bertz CT molecular complexity index is 320. The third-order valence-electron chi connectivity index (χ3n) is 1.90. The second-order valence-corrected chi connectivity index (χ2v) is 3.76. The Labute approximate surface area is 89.4 Å². The van der Waals surface area contributed by atoms with Gasteiger partial charge in [0.25, 0.3) is 0 Å². The summed E-state index contributed by atoms with van der Waals surface area (Å²) in [5, 5.41) is 6.56. The Kier molecular flexibility index (Phi) is 4.30. The van der Waals surface area contributed by atoms with Crippen molar-refractivity contribution < 1.29 is 9.32 Å². The third kappa shape index (κ3) is 4.60. The third-order valence-corrected chi connectivity index (χ3v) is 1.90. The molecule has 5 heteroatoms. The largest absolute Gasteiger partial charge is 0.361 e. The first-order valence-electron chi connectivity index (χ1n) is 4.91. The van der Waals surface area contributed by atoms with Crippen LogP contribution in [0.1, 0.15) is 11.5 Å². The summed E-state index contributed by atoms with van der Waals surface area (Å²) >= 11 is 0. The average molecular weight is 211 g/mol. The lowest BCUT2D eigenvalue weighted by Crippen LogP contribution is -2.32. The molecule has 0 aromatic carbocycles. The molecule has 0 aliphatic heterocycles. The van der Waals surface area contributed by atoms with Gasteiger partial charge in [0.05, 0.1) is 12.1 Å². The minimum Gasteiger partial charge on any atom is -0.361 e. The van der Waals surface area contributed by atoms with E-state index >= 15 is 0 Å². The minimum absolute atomic E-state index is 0.0230. The predicted octanol–water partition coefficient (Wildman–Crippen LogP) is 0.203. The monoisotopic (exact) mass is 211 g/mol. The lowest BCUT2D eigenvalue weighted by Gasteiger charge is -2.09. The van der Waals surface area contributed by atoms with E-state index in [1.54, 1.807) is 13.0 Å².